The number of carboxylic acids is 1. The molecule has 1 aromatic heterocycles. The van der Waals surface area contributed by atoms with Gasteiger partial charge in [0.05, 0.1) is 11.8 Å². The average molecular weight is 296 g/mol. The van der Waals surface area contributed by atoms with Crippen LogP contribution in [0.3, 0.4) is 0 Å². The van der Waals surface area contributed by atoms with Crippen molar-refractivity contribution in [3.05, 3.63) is 6.33 Å². The SMILES string of the molecule is O=C(O)[C@@H]1CC[C@@H]1C(=O)N1CCN(c2ncns2)CC1. The molecule has 1 aliphatic carbocycles. The van der Waals surface area contributed by atoms with Gasteiger partial charge < -0.3 is 14.9 Å². The third-order valence-electron chi connectivity index (χ3n) is 4.12. The summed E-state index contributed by atoms with van der Waals surface area (Å²) in [6, 6.07) is 0. The quantitative estimate of drug-likeness (QED) is 0.863. The highest BCUT2D eigenvalue weighted by atomic mass is 32.1. The van der Waals surface area contributed by atoms with Crippen LogP contribution in [0.2, 0.25) is 0 Å². The highest BCUT2D eigenvalue weighted by Crippen LogP contribution is 2.36. The smallest absolute Gasteiger partial charge is 0.307 e. The second-order valence-electron chi connectivity index (χ2n) is 5.16. The molecule has 3 rings (SSSR count). The van der Waals surface area contributed by atoms with E-state index in [2.05, 4.69) is 14.3 Å². The summed E-state index contributed by atoms with van der Waals surface area (Å²) < 4.78 is 3.97. The Kier molecular flexibility index (Phi) is 3.56. The zero-order valence-corrected chi connectivity index (χ0v) is 11.8. The van der Waals surface area contributed by atoms with Gasteiger partial charge in [-0.1, -0.05) is 0 Å². The van der Waals surface area contributed by atoms with Crippen LogP contribution in [0, 0.1) is 11.8 Å². The van der Waals surface area contributed by atoms with Gasteiger partial charge in [0.25, 0.3) is 0 Å². The first-order valence-corrected chi connectivity index (χ1v) is 7.47. The number of aromatic nitrogens is 2. The number of aliphatic carboxylic acids is 1. The van der Waals surface area contributed by atoms with Gasteiger partial charge in [0.2, 0.25) is 11.0 Å². The van der Waals surface area contributed by atoms with Crippen LogP contribution >= 0.6 is 11.5 Å². The van der Waals surface area contributed by atoms with Crippen LogP contribution in [-0.2, 0) is 9.59 Å². The van der Waals surface area contributed by atoms with Crippen LogP contribution in [0.25, 0.3) is 0 Å². The Balaban J connectivity index is 1.56. The lowest BCUT2D eigenvalue weighted by atomic mass is 9.73. The summed E-state index contributed by atoms with van der Waals surface area (Å²) in [6.07, 6.45) is 2.85. The van der Waals surface area contributed by atoms with Gasteiger partial charge in [-0.2, -0.15) is 4.37 Å². The van der Waals surface area contributed by atoms with E-state index in [-0.39, 0.29) is 11.8 Å². The molecular weight excluding hydrogens is 280 g/mol. The van der Waals surface area contributed by atoms with E-state index in [1.165, 1.54) is 17.9 Å². The minimum atomic E-state index is -0.845. The van der Waals surface area contributed by atoms with Gasteiger partial charge in [0, 0.05) is 37.7 Å². The normalized spacial score (nSPS) is 26.2. The van der Waals surface area contributed by atoms with Crippen LogP contribution in [-0.4, -0.2) is 57.4 Å². The Labute approximate surface area is 120 Å². The van der Waals surface area contributed by atoms with Crippen molar-refractivity contribution < 1.29 is 14.7 Å². The van der Waals surface area contributed by atoms with E-state index in [9.17, 15) is 9.59 Å². The number of piperazine rings is 1. The molecule has 0 unspecified atom stereocenters. The summed E-state index contributed by atoms with van der Waals surface area (Å²) in [4.78, 5) is 31.4. The number of hydrogen-bond donors (Lipinski definition) is 1. The van der Waals surface area contributed by atoms with Crippen LogP contribution in [0.15, 0.2) is 6.33 Å². The molecule has 1 N–H and O–H groups in total. The van der Waals surface area contributed by atoms with Gasteiger partial charge in [-0.05, 0) is 12.8 Å². The zero-order valence-electron chi connectivity index (χ0n) is 10.9. The predicted molar refractivity (Wildman–Crippen MR) is 72.6 cm³/mol. The summed E-state index contributed by atoms with van der Waals surface area (Å²) in [5.74, 6) is -1.65. The number of hydrogen-bond acceptors (Lipinski definition) is 6. The van der Waals surface area contributed by atoms with Crippen LogP contribution < -0.4 is 4.90 Å². The Hall–Kier alpha value is -1.70. The number of carbonyl (C=O) groups excluding carboxylic acids is 1. The van der Waals surface area contributed by atoms with Gasteiger partial charge in [-0.25, -0.2) is 4.98 Å². The van der Waals surface area contributed by atoms with Crippen molar-refractivity contribution in [1.82, 2.24) is 14.3 Å². The van der Waals surface area contributed by atoms with Crippen molar-refractivity contribution >= 4 is 28.5 Å². The fraction of sp³-hybridized carbons (Fsp3) is 0.667. The first-order valence-electron chi connectivity index (χ1n) is 6.70. The largest absolute Gasteiger partial charge is 0.481 e. The van der Waals surface area contributed by atoms with Gasteiger partial charge in [-0.3, -0.25) is 9.59 Å². The number of nitrogens with zero attached hydrogens (tertiary/aromatic N) is 4. The molecular formula is C12H16N4O3S. The second-order valence-corrected chi connectivity index (χ2v) is 5.92. The average Bonchev–Trinajstić information content (AvgIpc) is 2.90. The number of anilines is 1. The monoisotopic (exact) mass is 296 g/mol. The first kappa shape index (κ1) is 13.3. The molecule has 0 bridgehead atoms. The first-order chi connectivity index (χ1) is 9.66. The third-order valence-corrected chi connectivity index (χ3v) is 4.85. The van der Waals surface area contributed by atoms with E-state index < -0.39 is 11.9 Å². The molecule has 0 radical (unpaired) electrons. The highest BCUT2D eigenvalue weighted by molar-refractivity contribution is 7.09. The number of carboxylic acid groups (broad SMARTS) is 1. The lowest BCUT2D eigenvalue weighted by Crippen LogP contribution is -2.53. The van der Waals surface area contributed by atoms with E-state index in [0.717, 1.165) is 18.2 Å². The molecule has 108 valence electrons. The second kappa shape index (κ2) is 5.35. The molecule has 2 aliphatic rings. The summed E-state index contributed by atoms with van der Waals surface area (Å²) in [5, 5.41) is 9.90. The topological polar surface area (TPSA) is 86.6 Å². The molecule has 2 fully saturated rings. The third kappa shape index (κ3) is 2.35. The summed E-state index contributed by atoms with van der Waals surface area (Å²) in [5.41, 5.74) is 0. The molecule has 2 atom stereocenters. The van der Waals surface area contributed by atoms with Crippen molar-refractivity contribution in [2.45, 2.75) is 12.8 Å². The van der Waals surface area contributed by atoms with Gasteiger partial charge in [-0.15, -0.1) is 0 Å². The molecule has 2 heterocycles. The van der Waals surface area contributed by atoms with Gasteiger partial charge in [0.1, 0.15) is 6.33 Å². The maximum atomic E-state index is 12.3. The maximum Gasteiger partial charge on any atom is 0.307 e. The van der Waals surface area contributed by atoms with E-state index in [1.807, 2.05) is 0 Å². The molecule has 7 nitrogen and oxygen atoms in total. The Morgan fingerprint density at radius 3 is 2.40 bits per heavy atom. The van der Waals surface area contributed by atoms with Gasteiger partial charge in [0.15, 0.2) is 0 Å². The van der Waals surface area contributed by atoms with Crippen molar-refractivity contribution in [2.24, 2.45) is 11.8 Å². The van der Waals surface area contributed by atoms with Crippen molar-refractivity contribution in [3.63, 3.8) is 0 Å². The minimum absolute atomic E-state index is 0.000522. The molecule has 1 saturated carbocycles. The fourth-order valence-corrected chi connectivity index (χ4v) is 3.33. The predicted octanol–water partition coefficient (Wildman–Crippen LogP) is 0.298. The Morgan fingerprint density at radius 1 is 1.20 bits per heavy atom. The molecule has 20 heavy (non-hydrogen) atoms. The number of amides is 1. The van der Waals surface area contributed by atoms with Gasteiger partial charge >= 0.3 is 5.97 Å². The van der Waals surface area contributed by atoms with Crippen molar-refractivity contribution in [2.75, 3.05) is 31.1 Å². The van der Waals surface area contributed by atoms with Crippen molar-refractivity contribution in [3.8, 4) is 0 Å². The van der Waals surface area contributed by atoms with Crippen LogP contribution in [0.4, 0.5) is 5.13 Å². The maximum absolute atomic E-state index is 12.3. The fourth-order valence-electron chi connectivity index (χ4n) is 2.75. The van der Waals surface area contributed by atoms with E-state index >= 15 is 0 Å². The van der Waals surface area contributed by atoms with Crippen molar-refractivity contribution in [1.29, 1.82) is 0 Å². The Morgan fingerprint density at radius 2 is 1.90 bits per heavy atom. The summed E-state index contributed by atoms with van der Waals surface area (Å²) in [6.45, 7) is 2.71. The lowest BCUT2D eigenvalue weighted by Gasteiger charge is -2.40. The molecule has 8 heteroatoms. The Bertz CT molecular complexity index is 499. The van der Waals surface area contributed by atoms with E-state index in [1.54, 1.807) is 4.90 Å². The van der Waals surface area contributed by atoms with E-state index in [0.29, 0.717) is 25.9 Å². The molecule has 0 spiro atoms. The summed E-state index contributed by atoms with van der Waals surface area (Å²) in [7, 11) is 0. The zero-order chi connectivity index (χ0) is 14.1. The number of rotatable bonds is 3. The molecule has 0 aromatic carbocycles. The van der Waals surface area contributed by atoms with E-state index in [4.69, 9.17) is 5.11 Å². The number of carbonyl (C=O) groups is 2. The summed E-state index contributed by atoms with van der Waals surface area (Å²) >= 11 is 1.35. The molecule has 1 aromatic rings. The highest BCUT2D eigenvalue weighted by Gasteiger charge is 2.43. The minimum Gasteiger partial charge on any atom is -0.481 e. The molecule has 1 aliphatic heterocycles. The van der Waals surface area contributed by atoms with Crippen LogP contribution in [0.1, 0.15) is 12.8 Å². The molecule has 1 saturated heterocycles. The standard InChI is InChI=1S/C12H16N4O3S/c17-10(8-1-2-9(8)11(18)19)15-3-5-16(6-4-15)12-13-7-14-20-12/h7-9H,1-6H2,(H,18,19)/t8-,9+/m0/s1. The molecule has 1 amide bonds. The lowest BCUT2D eigenvalue weighted by molar-refractivity contribution is -0.156. The van der Waals surface area contributed by atoms with Crippen LogP contribution in [0.5, 0.6) is 0 Å².